The van der Waals surface area contributed by atoms with Crippen molar-refractivity contribution in [3.63, 3.8) is 0 Å². The number of nitrogens with two attached hydrogens (primary N) is 1. The Kier molecular flexibility index (Phi) is 7.62. The van der Waals surface area contributed by atoms with Crippen molar-refractivity contribution in [3.05, 3.63) is 34.9 Å². The highest BCUT2D eigenvalue weighted by Gasteiger charge is 2.25. The Bertz CT molecular complexity index is 687. The quantitative estimate of drug-likeness (QED) is 0.740. The lowest BCUT2D eigenvalue weighted by Crippen LogP contribution is -2.54. The van der Waals surface area contributed by atoms with Crippen molar-refractivity contribution in [2.75, 3.05) is 32.7 Å². The number of halogens is 1. The molecule has 27 heavy (non-hydrogen) atoms. The van der Waals surface area contributed by atoms with E-state index < -0.39 is 6.04 Å². The van der Waals surface area contributed by atoms with E-state index in [1.807, 2.05) is 32.0 Å². The number of amides is 3. The van der Waals surface area contributed by atoms with Crippen LogP contribution in [0.15, 0.2) is 24.3 Å². The molecule has 3 N–H and O–H groups in total. The van der Waals surface area contributed by atoms with Crippen molar-refractivity contribution in [3.8, 4) is 0 Å². The minimum absolute atomic E-state index is 0.00720. The number of rotatable bonds is 6. The molecule has 0 saturated carbocycles. The van der Waals surface area contributed by atoms with Crippen LogP contribution < -0.4 is 11.1 Å². The lowest BCUT2D eigenvalue weighted by atomic mass is 10.1. The van der Waals surface area contributed by atoms with Gasteiger partial charge in [0, 0.05) is 31.2 Å². The van der Waals surface area contributed by atoms with Crippen LogP contribution in [-0.2, 0) is 20.8 Å². The summed E-state index contributed by atoms with van der Waals surface area (Å²) in [4.78, 5) is 39.9. The second-order valence-electron chi connectivity index (χ2n) is 7.02. The third kappa shape index (κ3) is 5.94. The minimum atomic E-state index is -0.628. The molecule has 1 aromatic carbocycles. The van der Waals surface area contributed by atoms with Crippen LogP contribution in [0, 0.1) is 5.92 Å². The Balaban J connectivity index is 1.77. The molecule has 0 unspecified atom stereocenters. The van der Waals surface area contributed by atoms with Crippen molar-refractivity contribution in [1.29, 1.82) is 0 Å². The van der Waals surface area contributed by atoms with E-state index in [2.05, 4.69) is 5.32 Å². The van der Waals surface area contributed by atoms with Gasteiger partial charge in [-0.3, -0.25) is 14.4 Å². The van der Waals surface area contributed by atoms with E-state index in [0.29, 0.717) is 31.2 Å². The monoisotopic (exact) mass is 394 g/mol. The molecule has 0 spiro atoms. The molecule has 1 aromatic rings. The number of hydrogen-bond donors (Lipinski definition) is 2. The molecule has 0 aliphatic carbocycles. The van der Waals surface area contributed by atoms with Gasteiger partial charge in [0.15, 0.2) is 0 Å². The van der Waals surface area contributed by atoms with Crippen molar-refractivity contribution < 1.29 is 14.4 Å². The van der Waals surface area contributed by atoms with E-state index in [-0.39, 0.29) is 36.6 Å². The van der Waals surface area contributed by atoms with Crippen LogP contribution in [0.5, 0.6) is 0 Å². The zero-order chi connectivity index (χ0) is 20.0. The largest absolute Gasteiger partial charge is 0.346 e. The number of piperazine rings is 1. The van der Waals surface area contributed by atoms with Crippen LogP contribution >= 0.6 is 11.6 Å². The minimum Gasteiger partial charge on any atom is -0.346 e. The van der Waals surface area contributed by atoms with E-state index in [0.717, 1.165) is 5.56 Å². The van der Waals surface area contributed by atoms with Gasteiger partial charge in [-0.25, -0.2) is 0 Å². The van der Waals surface area contributed by atoms with Crippen LogP contribution in [0.2, 0.25) is 5.02 Å². The van der Waals surface area contributed by atoms with Crippen LogP contribution in [0.4, 0.5) is 0 Å². The number of benzene rings is 1. The van der Waals surface area contributed by atoms with Gasteiger partial charge < -0.3 is 20.9 Å². The molecule has 1 aliphatic rings. The topological polar surface area (TPSA) is 95.7 Å². The van der Waals surface area contributed by atoms with E-state index in [9.17, 15) is 14.4 Å². The van der Waals surface area contributed by atoms with Gasteiger partial charge in [-0.05, 0) is 17.5 Å². The van der Waals surface area contributed by atoms with Crippen LogP contribution in [0.1, 0.15) is 19.4 Å². The molecule has 1 aliphatic heterocycles. The maximum Gasteiger partial charge on any atom is 0.242 e. The Morgan fingerprint density at radius 2 is 1.63 bits per heavy atom. The standard InChI is InChI=1S/C19H27ClN4O3/c1-13(2)18(21)19(27)22-12-17(26)24-9-7-23(8-10-24)16(25)11-14-5-3-4-6-15(14)20/h3-6,13,18H,7-12,21H2,1-2H3,(H,22,27)/t18-/m0/s1. The molecular formula is C19H27ClN4O3. The average Bonchev–Trinajstić information content (AvgIpc) is 2.66. The van der Waals surface area contributed by atoms with Gasteiger partial charge in [-0.15, -0.1) is 0 Å². The first-order chi connectivity index (χ1) is 12.8. The molecule has 148 valence electrons. The van der Waals surface area contributed by atoms with E-state index in [1.54, 1.807) is 15.9 Å². The molecule has 8 heteroatoms. The zero-order valence-electron chi connectivity index (χ0n) is 15.8. The summed E-state index contributed by atoms with van der Waals surface area (Å²) in [5, 5.41) is 3.16. The van der Waals surface area contributed by atoms with Gasteiger partial charge in [-0.1, -0.05) is 43.6 Å². The Hall–Kier alpha value is -2.12. The summed E-state index contributed by atoms with van der Waals surface area (Å²) >= 11 is 6.11. The molecule has 7 nitrogen and oxygen atoms in total. The number of nitrogens with zero attached hydrogens (tertiary/aromatic N) is 2. The molecule has 1 fully saturated rings. The first kappa shape index (κ1) is 21.2. The van der Waals surface area contributed by atoms with Gasteiger partial charge in [0.05, 0.1) is 19.0 Å². The lowest BCUT2D eigenvalue weighted by Gasteiger charge is -2.35. The molecule has 1 saturated heterocycles. The van der Waals surface area contributed by atoms with Crippen molar-refractivity contribution in [2.24, 2.45) is 11.7 Å². The molecule has 1 atom stereocenters. The van der Waals surface area contributed by atoms with Crippen LogP contribution in [0.3, 0.4) is 0 Å². The number of hydrogen-bond acceptors (Lipinski definition) is 4. The maximum absolute atomic E-state index is 12.4. The SMILES string of the molecule is CC(C)[C@H](N)C(=O)NCC(=O)N1CCN(C(=O)Cc2ccccc2Cl)CC1. The molecule has 1 heterocycles. The first-order valence-electron chi connectivity index (χ1n) is 9.12. The highest BCUT2D eigenvalue weighted by molar-refractivity contribution is 6.31. The number of carbonyl (C=O) groups excluding carboxylic acids is 3. The summed E-state index contributed by atoms with van der Waals surface area (Å²) < 4.78 is 0. The van der Waals surface area contributed by atoms with Gasteiger partial charge >= 0.3 is 0 Å². The summed E-state index contributed by atoms with van der Waals surface area (Å²) in [5.74, 6) is -0.497. The summed E-state index contributed by atoms with van der Waals surface area (Å²) in [5.41, 5.74) is 6.56. The number of carbonyl (C=O) groups is 3. The van der Waals surface area contributed by atoms with Crippen LogP contribution in [0.25, 0.3) is 0 Å². The van der Waals surface area contributed by atoms with Crippen molar-refractivity contribution in [1.82, 2.24) is 15.1 Å². The van der Waals surface area contributed by atoms with Gasteiger partial charge in [0.25, 0.3) is 0 Å². The normalized spacial score (nSPS) is 15.6. The van der Waals surface area contributed by atoms with E-state index in [4.69, 9.17) is 17.3 Å². The Morgan fingerprint density at radius 3 is 2.19 bits per heavy atom. The Morgan fingerprint density at radius 1 is 1.07 bits per heavy atom. The first-order valence-corrected chi connectivity index (χ1v) is 9.49. The molecule has 0 bridgehead atoms. The predicted octanol–water partition coefficient (Wildman–Crippen LogP) is 0.653. The summed E-state index contributed by atoms with van der Waals surface area (Å²) in [7, 11) is 0. The molecular weight excluding hydrogens is 368 g/mol. The third-order valence-electron chi connectivity index (χ3n) is 4.72. The smallest absolute Gasteiger partial charge is 0.242 e. The van der Waals surface area contributed by atoms with Crippen LogP contribution in [-0.4, -0.2) is 66.3 Å². The van der Waals surface area contributed by atoms with Crippen molar-refractivity contribution >= 4 is 29.3 Å². The highest BCUT2D eigenvalue weighted by Crippen LogP contribution is 2.16. The van der Waals surface area contributed by atoms with E-state index >= 15 is 0 Å². The van der Waals surface area contributed by atoms with Gasteiger partial charge in [0.1, 0.15) is 0 Å². The fourth-order valence-corrected chi connectivity index (χ4v) is 3.02. The van der Waals surface area contributed by atoms with Gasteiger partial charge in [0.2, 0.25) is 17.7 Å². The molecule has 0 radical (unpaired) electrons. The predicted molar refractivity (Wildman–Crippen MR) is 104 cm³/mol. The lowest BCUT2D eigenvalue weighted by molar-refractivity contribution is -0.139. The zero-order valence-corrected chi connectivity index (χ0v) is 16.5. The van der Waals surface area contributed by atoms with Crippen molar-refractivity contribution in [2.45, 2.75) is 26.3 Å². The Labute approximate surface area is 164 Å². The highest BCUT2D eigenvalue weighted by atomic mass is 35.5. The fourth-order valence-electron chi connectivity index (χ4n) is 2.82. The number of nitrogens with one attached hydrogen (secondary N) is 1. The summed E-state index contributed by atoms with van der Waals surface area (Å²) in [6, 6.07) is 6.65. The molecule has 2 rings (SSSR count). The van der Waals surface area contributed by atoms with Gasteiger partial charge in [-0.2, -0.15) is 0 Å². The summed E-state index contributed by atoms with van der Waals surface area (Å²) in [6.45, 7) is 5.45. The second-order valence-corrected chi connectivity index (χ2v) is 7.42. The summed E-state index contributed by atoms with van der Waals surface area (Å²) in [6.07, 6.45) is 0.247. The average molecular weight is 395 g/mol. The molecule has 3 amide bonds. The fraction of sp³-hybridized carbons (Fsp3) is 0.526. The third-order valence-corrected chi connectivity index (χ3v) is 5.09. The maximum atomic E-state index is 12.4. The van der Waals surface area contributed by atoms with E-state index in [1.165, 1.54) is 0 Å². The molecule has 0 aromatic heterocycles. The second kappa shape index (κ2) is 9.71.